The number of methoxy groups -OCH3 is 1. The van der Waals surface area contributed by atoms with Gasteiger partial charge in [0.05, 0.1) is 19.3 Å². The SMILES string of the molecule is C=C1C(=CC(=O)OC)CC(O[Si](C)(C)C(C)(C)C)CC1O[Si](C)(C)C(C)(C)C. The zero-order valence-electron chi connectivity index (χ0n) is 20.0. The van der Waals surface area contributed by atoms with E-state index >= 15 is 0 Å². The lowest BCUT2D eigenvalue weighted by Gasteiger charge is -2.45. The Morgan fingerprint density at radius 3 is 1.89 bits per heavy atom. The average molecular weight is 427 g/mol. The van der Waals surface area contributed by atoms with Crippen molar-refractivity contribution < 1.29 is 18.4 Å². The maximum absolute atomic E-state index is 11.9. The van der Waals surface area contributed by atoms with Crippen LogP contribution < -0.4 is 0 Å². The van der Waals surface area contributed by atoms with Gasteiger partial charge in [-0.25, -0.2) is 4.79 Å². The second kappa shape index (κ2) is 8.58. The van der Waals surface area contributed by atoms with Crippen LogP contribution in [0, 0.1) is 0 Å². The Balaban J connectivity index is 3.20. The van der Waals surface area contributed by atoms with E-state index in [-0.39, 0.29) is 28.3 Å². The highest BCUT2D eigenvalue weighted by atomic mass is 28.4. The first kappa shape index (κ1) is 25.3. The summed E-state index contributed by atoms with van der Waals surface area (Å²) in [6.45, 7) is 26.8. The third-order valence-corrected chi connectivity index (χ3v) is 15.8. The first-order chi connectivity index (χ1) is 12.4. The number of hydrogen-bond acceptors (Lipinski definition) is 4. The molecule has 0 spiro atoms. The summed E-state index contributed by atoms with van der Waals surface area (Å²) in [5.74, 6) is -0.352. The van der Waals surface area contributed by atoms with E-state index in [0.717, 1.165) is 17.6 Å². The van der Waals surface area contributed by atoms with Gasteiger partial charge >= 0.3 is 5.97 Å². The van der Waals surface area contributed by atoms with E-state index in [2.05, 4.69) is 74.3 Å². The van der Waals surface area contributed by atoms with E-state index < -0.39 is 16.6 Å². The predicted molar refractivity (Wildman–Crippen MR) is 123 cm³/mol. The molecule has 0 aromatic heterocycles. The first-order valence-electron chi connectivity index (χ1n) is 10.2. The second-order valence-electron chi connectivity index (χ2n) is 11.0. The average Bonchev–Trinajstić information content (AvgIpc) is 2.48. The molecular weight excluding hydrogens is 384 g/mol. The maximum atomic E-state index is 11.9. The van der Waals surface area contributed by atoms with Crippen LogP contribution in [0.25, 0.3) is 0 Å². The Morgan fingerprint density at radius 2 is 1.46 bits per heavy atom. The van der Waals surface area contributed by atoms with Gasteiger partial charge in [0.15, 0.2) is 16.6 Å². The predicted octanol–water partition coefficient (Wildman–Crippen LogP) is 6.22. The highest BCUT2D eigenvalue weighted by Crippen LogP contribution is 2.44. The minimum atomic E-state index is -1.99. The molecule has 2 unspecified atom stereocenters. The molecule has 1 aliphatic rings. The van der Waals surface area contributed by atoms with Crippen molar-refractivity contribution >= 4 is 22.6 Å². The van der Waals surface area contributed by atoms with Crippen LogP contribution in [-0.2, 0) is 18.4 Å². The molecule has 1 saturated carbocycles. The molecule has 0 amide bonds. The van der Waals surface area contributed by atoms with E-state index in [4.69, 9.17) is 13.6 Å². The quantitative estimate of drug-likeness (QED) is 0.297. The van der Waals surface area contributed by atoms with E-state index in [1.165, 1.54) is 7.11 Å². The Bertz CT molecular complexity index is 621. The number of carbonyl (C=O) groups is 1. The van der Waals surface area contributed by atoms with Crippen molar-refractivity contribution in [2.24, 2.45) is 0 Å². The standard InChI is InChI=1S/C22H42O4Si2/c1-16-17(14-20(23)24-8)13-18(25-27(9,10)21(2,3)4)15-19(16)26-28(11,12)22(5,6)7/h14,18-19H,1,13,15H2,2-12H3. The maximum Gasteiger partial charge on any atom is 0.330 e. The van der Waals surface area contributed by atoms with Crippen molar-refractivity contribution in [1.29, 1.82) is 0 Å². The van der Waals surface area contributed by atoms with Crippen LogP contribution >= 0.6 is 0 Å². The van der Waals surface area contributed by atoms with Crippen molar-refractivity contribution in [3.63, 3.8) is 0 Å². The summed E-state index contributed by atoms with van der Waals surface area (Å²) in [6.07, 6.45) is 2.93. The van der Waals surface area contributed by atoms with Crippen molar-refractivity contribution in [2.75, 3.05) is 7.11 Å². The molecule has 2 atom stereocenters. The monoisotopic (exact) mass is 426 g/mol. The minimum Gasteiger partial charge on any atom is -0.466 e. The number of carbonyl (C=O) groups excluding carboxylic acids is 1. The summed E-state index contributed by atoms with van der Waals surface area (Å²) >= 11 is 0. The number of esters is 1. The summed E-state index contributed by atoms with van der Waals surface area (Å²) in [4.78, 5) is 11.9. The molecule has 0 saturated heterocycles. The lowest BCUT2D eigenvalue weighted by Crippen LogP contribution is -2.49. The fraction of sp³-hybridized carbons (Fsp3) is 0.773. The van der Waals surface area contributed by atoms with Crippen LogP contribution in [0.1, 0.15) is 54.4 Å². The van der Waals surface area contributed by atoms with Gasteiger partial charge in [0.2, 0.25) is 0 Å². The minimum absolute atomic E-state index is 0.0251. The lowest BCUT2D eigenvalue weighted by atomic mass is 9.86. The zero-order valence-corrected chi connectivity index (χ0v) is 22.0. The molecule has 0 aromatic rings. The molecule has 1 aliphatic carbocycles. The highest BCUT2D eigenvalue weighted by Gasteiger charge is 2.44. The molecule has 0 heterocycles. The Labute approximate surface area is 175 Å². The van der Waals surface area contributed by atoms with Gasteiger partial charge in [-0.3, -0.25) is 0 Å². The zero-order chi connectivity index (χ0) is 22.1. The molecule has 1 rings (SSSR count). The number of hydrogen-bond donors (Lipinski definition) is 0. The highest BCUT2D eigenvalue weighted by molar-refractivity contribution is 6.74. The molecule has 0 aliphatic heterocycles. The van der Waals surface area contributed by atoms with Gasteiger partial charge in [0, 0.05) is 12.5 Å². The summed E-state index contributed by atoms with van der Waals surface area (Å²) in [7, 11) is -2.52. The van der Waals surface area contributed by atoms with Crippen LogP contribution in [0.15, 0.2) is 23.8 Å². The van der Waals surface area contributed by atoms with Gasteiger partial charge in [-0.1, -0.05) is 48.1 Å². The van der Waals surface area contributed by atoms with Crippen LogP contribution in [0.3, 0.4) is 0 Å². The van der Waals surface area contributed by atoms with Crippen LogP contribution in [0.4, 0.5) is 0 Å². The van der Waals surface area contributed by atoms with E-state index in [1.54, 1.807) is 6.08 Å². The molecule has 6 heteroatoms. The van der Waals surface area contributed by atoms with E-state index in [1.807, 2.05) is 0 Å². The first-order valence-corrected chi connectivity index (χ1v) is 16.1. The summed E-state index contributed by atoms with van der Waals surface area (Å²) in [6, 6.07) is 0. The topological polar surface area (TPSA) is 44.8 Å². The van der Waals surface area contributed by atoms with E-state index in [9.17, 15) is 4.79 Å². The summed E-state index contributed by atoms with van der Waals surface area (Å²) in [5, 5.41) is 0.232. The Kier molecular flexibility index (Phi) is 7.77. The smallest absolute Gasteiger partial charge is 0.330 e. The van der Waals surface area contributed by atoms with Gasteiger partial charge < -0.3 is 13.6 Å². The molecule has 162 valence electrons. The van der Waals surface area contributed by atoms with Gasteiger partial charge in [-0.15, -0.1) is 0 Å². The number of ether oxygens (including phenoxy) is 1. The van der Waals surface area contributed by atoms with Gasteiger partial charge in [0.25, 0.3) is 0 Å². The normalized spacial score (nSPS) is 23.8. The van der Waals surface area contributed by atoms with Crippen LogP contribution in [-0.4, -0.2) is 41.9 Å². The molecule has 1 fully saturated rings. The van der Waals surface area contributed by atoms with Crippen LogP contribution in [0.5, 0.6) is 0 Å². The van der Waals surface area contributed by atoms with Gasteiger partial charge in [0.1, 0.15) is 0 Å². The van der Waals surface area contributed by atoms with Gasteiger partial charge in [-0.2, -0.15) is 0 Å². The third kappa shape index (κ3) is 6.15. The van der Waals surface area contributed by atoms with Crippen molar-refractivity contribution in [3.05, 3.63) is 23.8 Å². The van der Waals surface area contributed by atoms with Crippen molar-refractivity contribution in [1.82, 2.24) is 0 Å². The molecule has 28 heavy (non-hydrogen) atoms. The van der Waals surface area contributed by atoms with Crippen molar-refractivity contribution in [2.45, 2.75) is 103 Å². The fourth-order valence-electron chi connectivity index (χ4n) is 2.74. The molecule has 0 N–H and O–H groups in total. The molecular formula is C22H42O4Si2. The molecule has 4 nitrogen and oxygen atoms in total. The Morgan fingerprint density at radius 1 is 1.00 bits per heavy atom. The van der Waals surface area contributed by atoms with E-state index in [0.29, 0.717) is 6.42 Å². The largest absolute Gasteiger partial charge is 0.466 e. The fourth-order valence-corrected chi connectivity index (χ4v) is 5.40. The lowest BCUT2D eigenvalue weighted by molar-refractivity contribution is -0.134. The Hall–Kier alpha value is -0.696. The third-order valence-electron chi connectivity index (χ3n) is 6.73. The molecule has 0 bridgehead atoms. The second-order valence-corrected chi connectivity index (χ2v) is 20.5. The molecule has 0 radical (unpaired) electrons. The molecule has 0 aromatic carbocycles. The van der Waals surface area contributed by atoms with Crippen molar-refractivity contribution in [3.8, 4) is 0 Å². The van der Waals surface area contributed by atoms with Crippen LogP contribution in [0.2, 0.25) is 36.3 Å². The summed E-state index contributed by atoms with van der Waals surface area (Å²) < 4.78 is 18.3. The summed E-state index contributed by atoms with van der Waals surface area (Å²) in [5.41, 5.74) is 1.79. The van der Waals surface area contributed by atoms with Gasteiger partial charge in [-0.05, 0) is 53.8 Å². The number of rotatable bonds is 5.